The highest BCUT2D eigenvalue weighted by molar-refractivity contribution is 7.99. The van der Waals surface area contributed by atoms with Crippen molar-refractivity contribution in [3.8, 4) is 0 Å². The van der Waals surface area contributed by atoms with E-state index in [-0.39, 0.29) is 12.6 Å². The molecule has 0 aromatic heterocycles. The first-order valence-electron chi connectivity index (χ1n) is 7.21. The molecule has 0 bridgehead atoms. The molecule has 2 amide bonds. The lowest BCUT2D eigenvalue weighted by Gasteiger charge is -2.27. The van der Waals surface area contributed by atoms with Crippen LogP contribution in [0.4, 0.5) is 10.5 Å². The minimum Gasteiger partial charge on any atom is -0.395 e. The molecule has 5 nitrogen and oxygen atoms in total. The number of anilines is 1. The summed E-state index contributed by atoms with van der Waals surface area (Å²) < 4.78 is 0. The summed E-state index contributed by atoms with van der Waals surface area (Å²) in [6, 6.07) is 7.73. The van der Waals surface area contributed by atoms with Gasteiger partial charge < -0.3 is 15.3 Å². The van der Waals surface area contributed by atoms with Gasteiger partial charge in [0.25, 0.3) is 0 Å². The summed E-state index contributed by atoms with van der Waals surface area (Å²) >= 11 is 1.99. The number of hydrogen-bond donors (Lipinski definition) is 2. The van der Waals surface area contributed by atoms with Gasteiger partial charge in [-0.2, -0.15) is 11.8 Å². The molecule has 2 rings (SSSR count). The Bertz CT molecular complexity index is 464. The second-order valence-corrected chi connectivity index (χ2v) is 6.35. The Hall–Kier alpha value is -1.24. The number of benzene rings is 1. The molecule has 1 heterocycles. The summed E-state index contributed by atoms with van der Waals surface area (Å²) in [6.45, 7) is 3.35. The number of para-hydroxylation sites is 1. The molecule has 116 valence electrons. The summed E-state index contributed by atoms with van der Waals surface area (Å²) in [4.78, 5) is 15.9. The molecular weight excluding hydrogens is 286 g/mol. The van der Waals surface area contributed by atoms with Crippen LogP contribution in [0.1, 0.15) is 5.56 Å². The Kier molecular flexibility index (Phi) is 6.35. The zero-order valence-corrected chi connectivity index (χ0v) is 13.2. The highest BCUT2D eigenvalue weighted by Gasteiger charge is 2.14. The van der Waals surface area contributed by atoms with Gasteiger partial charge >= 0.3 is 6.03 Å². The standard InChI is InChI=1S/C15H23N3O2S/c1-17(6-9-19)15(20)16-14-5-3-2-4-13(14)12-18-7-10-21-11-8-18/h2-5,19H,6-12H2,1H3,(H,16,20). The first-order valence-corrected chi connectivity index (χ1v) is 8.37. The average Bonchev–Trinajstić information content (AvgIpc) is 2.50. The third-order valence-corrected chi connectivity index (χ3v) is 4.48. The molecule has 0 spiro atoms. The molecule has 1 aromatic carbocycles. The van der Waals surface area contributed by atoms with E-state index < -0.39 is 0 Å². The number of likely N-dealkylation sites (N-methyl/N-ethyl adjacent to an activating group) is 1. The summed E-state index contributed by atoms with van der Waals surface area (Å²) in [6.07, 6.45) is 0. The van der Waals surface area contributed by atoms with Gasteiger partial charge in [-0.05, 0) is 11.6 Å². The summed E-state index contributed by atoms with van der Waals surface area (Å²) in [7, 11) is 1.68. The maximum Gasteiger partial charge on any atom is 0.321 e. The number of nitrogens with one attached hydrogen (secondary N) is 1. The average molecular weight is 309 g/mol. The fraction of sp³-hybridized carbons (Fsp3) is 0.533. The molecule has 1 saturated heterocycles. The van der Waals surface area contributed by atoms with E-state index in [9.17, 15) is 4.79 Å². The van der Waals surface area contributed by atoms with E-state index in [1.165, 1.54) is 16.4 Å². The van der Waals surface area contributed by atoms with Crippen molar-refractivity contribution in [3.63, 3.8) is 0 Å². The minimum atomic E-state index is -0.189. The van der Waals surface area contributed by atoms with Gasteiger partial charge in [-0.1, -0.05) is 18.2 Å². The predicted octanol–water partition coefficient (Wildman–Crippen LogP) is 1.69. The fourth-order valence-electron chi connectivity index (χ4n) is 2.24. The van der Waals surface area contributed by atoms with Crippen LogP contribution in [-0.2, 0) is 6.54 Å². The predicted molar refractivity (Wildman–Crippen MR) is 87.8 cm³/mol. The zero-order valence-electron chi connectivity index (χ0n) is 12.4. The molecule has 0 aliphatic carbocycles. The second kappa shape index (κ2) is 8.26. The molecule has 1 fully saturated rings. The number of thioether (sulfide) groups is 1. The van der Waals surface area contributed by atoms with Crippen LogP contribution < -0.4 is 5.32 Å². The monoisotopic (exact) mass is 309 g/mol. The number of nitrogens with zero attached hydrogens (tertiary/aromatic N) is 2. The van der Waals surface area contributed by atoms with Gasteiger partial charge in [0.05, 0.1) is 6.61 Å². The van der Waals surface area contributed by atoms with Gasteiger partial charge in [-0.15, -0.1) is 0 Å². The maximum atomic E-state index is 12.0. The summed E-state index contributed by atoms with van der Waals surface area (Å²) in [5.41, 5.74) is 1.99. The quantitative estimate of drug-likeness (QED) is 0.869. The van der Waals surface area contributed by atoms with E-state index in [4.69, 9.17) is 5.11 Å². The molecule has 21 heavy (non-hydrogen) atoms. The minimum absolute atomic E-state index is 0.0307. The van der Waals surface area contributed by atoms with Crippen molar-refractivity contribution in [1.82, 2.24) is 9.80 Å². The number of carbonyl (C=O) groups excluding carboxylic acids is 1. The Balaban J connectivity index is 2.00. The topological polar surface area (TPSA) is 55.8 Å². The van der Waals surface area contributed by atoms with Crippen LogP contribution >= 0.6 is 11.8 Å². The molecule has 1 aliphatic rings. The highest BCUT2D eigenvalue weighted by Crippen LogP contribution is 2.19. The van der Waals surface area contributed by atoms with Gasteiger partial charge in [-0.25, -0.2) is 4.79 Å². The van der Waals surface area contributed by atoms with Crippen LogP contribution in [0, 0.1) is 0 Å². The van der Waals surface area contributed by atoms with Gasteiger partial charge in [-0.3, -0.25) is 4.90 Å². The van der Waals surface area contributed by atoms with E-state index in [2.05, 4.69) is 16.3 Å². The first-order chi connectivity index (χ1) is 10.2. The van der Waals surface area contributed by atoms with E-state index in [1.54, 1.807) is 7.05 Å². The van der Waals surface area contributed by atoms with Crippen LogP contribution in [0.15, 0.2) is 24.3 Å². The number of amides is 2. The van der Waals surface area contributed by atoms with Crippen molar-refractivity contribution < 1.29 is 9.90 Å². The molecular formula is C15H23N3O2S. The van der Waals surface area contributed by atoms with Gasteiger partial charge in [0, 0.05) is 50.4 Å². The van der Waals surface area contributed by atoms with Crippen LogP contribution in [0.3, 0.4) is 0 Å². The van der Waals surface area contributed by atoms with Crippen molar-refractivity contribution in [2.24, 2.45) is 0 Å². The van der Waals surface area contributed by atoms with Gasteiger partial charge in [0.2, 0.25) is 0 Å². The van der Waals surface area contributed by atoms with Crippen LogP contribution in [0.25, 0.3) is 0 Å². The van der Waals surface area contributed by atoms with Crippen LogP contribution in [0.2, 0.25) is 0 Å². The van der Waals surface area contributed by atoms with Crippen molar-refractivity contribution >= 4 is 23.5 Å². The lowest BCUT2D eigenvalue weighted by molar-refractivity contribution is 0.202. The number of aliphatic hydroxyl groups excluding tert-OH is 1. The fourth-order valence-corrected chi connectivity index (χ4v) is 3.22. The van der Waals surface area contributed by atoms with Crippen molar-refractivity contribution in [2.45, 2.75) is 6.54 Å². The van der Waals surface area contributed by atoms with Gasteiger partial charge in [0.15, 0.2) is 0 Å². The van der Waals surface area contributed by atoms with Crippen LogP contribution in [-0.4, -0.2) is 65.7 Å². The summed E-state index contributed by atoms with van der Waals surface area (Å²) in [5, 5.41) is 11.8. The highest BCUT2D eigenvalue weighted by atomic mass is 32.2. The zero-order chi connectivity index (χ0) is 15.1. The van der Waals surface area contributed by atoms with E-state index >= 15 is 0 Å². The third-order valence-electron chi connectivity index (χ3n) is 3.54. The van der Waals surface area contributed by atoms with Gasteiger partial charge in [0.1, 0.15) is 0 Å². The molecule has 0 radical (unpaired) electrons. The molecule has 2 N–H and O–H groups in total. The molecule has 0 saturated carbocycles. The van der Waals surface area contributed by atoms with Crippen LogP contribution in [0.5, 0.6) is 0 Å². The Labute approximate surface area is 130 Å². The summed E-state index contributed by atoms with van der Waals surface area (Å²) in [5.74, 6) is 2.35. The molecule has 0 unspecified atom stereocenters. The first kappa shape index (κ1) is 16.1. The third kappa shape index (κ3) is 4.91. The number of urea groups is 1. The largest absolute Gasteiger partial charge is 0.395 e. The Morgan fingerprint density at radius 2 is 2.10 bits per heavy atom. The van der Waals surface area contributed by atoms with E-state index in [0.29, 0.717) is 6.54 Å². The maximum absolute atomic E-state index is 12.0. The normalized spacial score (nSPS) is 15.7. The van der Waals surface area contributed by atoms with Crippen molar-refractivity contribution in [2.75, 3.05) is 50.1 Å². The number of hydrogen-bond acceptors (Lipinski definition) is 4. The number of rotatable bonds is 5. The van der Waals surface area contributed by atoms with E-state index in [1.807, 2.05) is 30.0 Å². The molecule has 0 atom stereocenters. The molecule has 1 aromatic rings. The van der Waals surface area contributed by atoms with Crippen molar-refractivity contribution in [3.05, 3.63) is 29.8 Å². The lowest BCUT2D eigenvalue weighted by atomic mass is 10.1. The van der Waals surface area contributed by atoms with E-state index in [0.717, 1.165) is 30.9 Å². The van der Waals surface area contributed by atoms with Crippen molar-refractivity contribution in [1.29, 1.82) is 0 Å². The Morgan fingerprint density at radius 1 is 1.38 bits per heavy atom. The second-order valence-electron chi connectivity index (χ2n) is 5.12. The smallest absolute Gasteiger partial charge is 0.321 e. The Morgan fingerprint density at radius 3 is 2.81 bits per heavy atom. The molecule has 1 aliphatic heterocycles. The number of carbonyl (C=O) groups is 1. The number of aliphatic hydroxyl groups is 1. The lowest BCUT2D eigenvalue weighted by Crippen LogP contribution is -2.35. The SMILES string of the molecule is CN(CCO)C(=O)Nc1ccccc1CN1CCSCC1. The molecule has 6 heteroatoms.